The van der Waals surface area contributed by atoms with Gasteiger partial charge in [0, 0.05) is 24.6 Å². The van der Waals surface area contributed by atoms with E-state index < -0.39 is 5.25 Å². The number of anilines is 1. The maximum atomic E-state index is 12.8. The normalized spacial score (nSPS) is 18.7. The fourth-order valence-electron chi connectivity index (χ4n) is 4.38. The van der Waals surface area contributed by atoms with Crippen LogP contribution in [0.3, 0.4) is 0 Å². The van der Waals surface area contributed by atoms with Crippen LogP contribution in [0.4, 0.5) is 5.69 Å². The van der Waals surface area contributed by atoms with Gasteiger partial charge in [0.2, 0.25) is 5.91 Å². The predicted molar refractivity (Wildman–Crippen MR) is 150 cm³/mol. The minimum atomic E-state index is -0.616. The number of amidine groups is 1. The molecule has 9 heteroatoms. The van der Waals surface area contributed by atoms with Crippen molar-refractivity contribution in [1.29, 1.82) is 0 Å². The number of rotatable bonds is 7. The van der Waals surface area contributed by atoms with E-state index in [1.54, 1.807) is 38.5 Å². The fraction of sp³-hybridized carbons (Fsp3) is 0.241. The Kier molecular flexibility index (Phi) is 7.46. The Morgan fingerprint density at radius 2 is 1.76 bits per heavy atom. The lowest BCUT2D eigenvalue weighted by Crippen LogP contribution is -2.25. The molecule has 38 heavy (non-hydrogen) atoms. The SMILES string of the molecule is COc1ccc(C2=NN(C3=NC(=O)[C@@H](CC(=O)Nc4cccc(OC)c4)S3)[C@@H](c3ccc(C)cc3)C2)cc1. The van der Waals surface area contributed by atoms with Crippen LogP contribution in [0.25, 0.3) is 0 Å². The maximum Gasteiger partial charge on any atom is 0.262 e. The topological polar surface area (TPSA) is 92.6 Å². The molecule has 2 heterocycles. The summed E-state index contributed by atoms with van der Waals surface area (Å²) in [6, 6.07) is 23.1. The molecule has 0 radical (unpaired) electrons. The zero-order valence-electron chi connectivity index (χ0n) is 21.4. The Balaban J connectivity index is 1.34. The Bertz CT molecular complexity index is 1400. The minimum absolute atomic E-state index is 0.00575. The molecule has 3 aromatic rings. The molecule has 0 aromatic heterocycles. The number of hydrazone groups is 1. The summed E-state index contributed by atoms with van der Waals surface area (Å²) in [5, 5.41) is 9.45. The van der Waals surface area contributed by atoms with Gasteiger partial charge in [0.25, 0.3) is 5.91 Å². The number of hydrogen-bond acceptors (Lipinski definition) is 7. The second-order valence-corrected chi connectivity index (χ2v) is 10.2. The molecule has 2 atom stereocenters. The van der Waals surface area contributed by atoms with Crippen molar-refractivity contribution in [3.05, 3.63) is 89.5 Å². The molecule has 0 aliphatic carbocycles. The minimum Gasteiger partial charge on any atom is -0.497 e. The van der Waals surface area contributed by atoms with Gasteiger partial charge < -0.3 is 14.8 Å². The first-order chi connectivity index (χ1) is 18.4. The van der Waals surface area contributed by atoms with Crippen LogP contribution in [0.1, 0.15) is 35.6 Å². The van der Waals surface area contributed by atoms with Crippen LogP contribution >= 0.6 is 11.8 Å². The van der Waals surface area contributed by atoms with Crippen LogP contribution < -0.4 is 14.8 Å². The van der Waals surface area contributed by atoms with Gasteiger partial charge in [-0.15, -0.1) is 0 Å². The number of amides is 2. The van der Waals surface area contributed by atoms with Crippen molar-refractivity contribution >= 4 is 40.1 Å². The first-order valence-electron chi connectivity index (χ1n) is 12.2. The summed E-state index contributed by atoms with van der Waals surface area (Å²) in [6.45, 7) is 2.05. The van der Waals surface area contributed by atoms with Crippen molar-refractivity contribution in [2.75, 3.05) is 19.5 Å². The summed E-state index contributed by atoms with van der Waals surface area (Å²) in [4.78, 5) is 29.9. The van der Waals surface area contributed by atoms with Gasteiger partial charge in [0.05, 0.1) is 26.0 Å². The highest BCUT2D eigenvalue weighted by Gasteiger charge is 2.39. The first kappa shape index (κ1) is 25.5. The quantitative estimate of drug-likeness (QED) is 0.454. The van der Waals surface area contributed by atoms with E-state index in [4.69, 9.17) is 14.6 Å². The van der Waals surface area contributed by atoms with E-state index in [1.807, 2.05) is 36.2 Å². The number of nitrogens with zero attached hydrogens (tertiary/aromatic N) is 3. The highest BCUT2D eigenvalue weighted by atomic mass is 32.2. The van der Waals surface area contributed by atoms with Gasteiger partial charge in [-0.2, -0.15) is 10.1 Å². The second kappa shape index (κ2) is 11.1. The lowest BCUT2D eigenvalue weighted by molar-refractivity contribution is -0.121. The first-order valence-corrected chi connectivity index (χ1v) is 13.1. The summed E-state index contributed by atoms with van der Waals surface area (Å²) in [6.07, 6.45) is 0.663. The molecule has 194 valence electrons. The van der Waals surface area contributed by atoms with Gasteiger partial charge >= 0.3 is 0 Å². The van der Waals surface area contributed by atoms with Crippen molar-refractivity contribution in [2.45, 2.75) is 31.1 Å². The summed E-state index contributed by atoms with van der Waals surface area (Å²) in [5.41, 5.74) is 4.73. The molecule has 2 aliphatic heterocycles. The molecule has 2 amide bonds. The standard InChI is InChI=1S/C29H28N4O4S/c1-18-7-9-20(10-8-18)25-16-24(19-11-13-22(36-2)14-12-19)32-33(25)29-31-28(35)26(38-29)17-27(34)30-21-5-4-6-23(15-21)37-3/h4-15,25-26H,16-17H2,1-3H3,(H,30,34)/t25-,26-/m1/s1. The molecule has 0 saturated carbocycles. The van der Waals surface area contributed by atoms with Crippen LogP contribution in [0.2, 0.25) is 0 Å². The van der Waals surface area contributed by atoms with Crippen LogP contribution in [0.15, 0.2) is 82.9 Å². The molecule has 1 N–H and O–H groups in total. The summed E-state index contributed by atoms with van der Waals surface area (Å²) in [5.74, 6) is 0.818. The van der Waals surface area contributed by atoms with E-state index in [2.05, 4.69) is 34.6 Å². The van der Waals surface area contributed by atoms with E-state index in [0.29, 0.717) is 23.0 Å². The zero-order valence-corrected chi connectivity index (χ0v) is 22.2. The number of hydrogen-bond donors (Lipinski definition) is 1. The molecule has 0 bridgehead atoms. The van der Waals surface area contributed by atoms with E-state index in [1.165, 1.54) is 17.3 Å². The smallest absolute Gasteiger partial charge is 0.262 e. The van der Waals surface area contributed by atoms with Crippen molar-refractivity contribution < 1.29 is 19.1 Å². The Hall–Kier alpha value is -4.11. The molecule has 2 aliphatic rings. The molecule has 0 spiro atoms. The van der Waals surface area contributed by atoms with E-state index in [-0.39, 0.29) is 24.3 Å². The number of benzene rings is 3. The van der Waals surface area contributed by atoms with Crippen LogP contribution in [-0.2, 0) is 9.59 Å². The number of carbonyl (C=O) groups excluding carboxylic acids is 2. The predicted octanol–water partition coefficient (Wildman–Crippen LogP) is 5.19. The number of thioether (sulfide) groups is 1. The third-order valence-corrected chi connectivity index (χ3v) is 7.59. The van der Waals surface area contributed by atoms with Crippen molar-refractivity contribution in [1.82, 2.24) is 5.01 Å². The zero-order chi connectivity index (χ0) is 26.6. The van der Waals surface area contributed by atoms with Gasteiger partial charge in [-0.25, -0.2) is 5.01 Å². The van der Waals surface area contributed by atoms with Crippen molar-refractivity contribution in [2.24, 2.45) is 10.1 Å². The Morgan fingerprint density at radius 1 is 1.03 bits per heavy atom. The largest absolute Gasteiger partial charge is 0.497 e. The van der Waals surface area contributed by atoms with Gasteiger partial charge in [0.1, 0.15) is 16.7 Å². The number of ether oxygens (including phenoxy) is 2. The lowest BCUT2D eigenvalue weighted by Gasteiger charge is -2.23. The molecule has 0 unspecified atom stereocenters. The molecule has 0 saturated heterocycles. The number of aryl methyl sites for hydroxylation is 1. The summed E-state index contributed by atoms with van der Waals surface area (Å²) >= 11 is 1.28. The number of methoxy groups -OCH3 is 2. The fourth-order valence-corrected chi connectivity index (χ4v) is 5.44. The van der Waals surface area contributed by atoms with Crippen molar-refractivity contribution in [3.63, 3.8) is 0 Å². The van der Waals surface area contributed by atoms with Crippen LogP contribution in [0.5, 0.6) is 11.5 Å². The summed E-state index contributed by atoms with van der Waals surface area (Å²) < 4.78 is 10.5. The second-order valence-electron chi connectivity index (χ2n) is 9.07. The van der Waals surface area contributed by atoms with E-state index >= 15 is 0 Å². The number of aliphatic imine (C=N–C) groups is 1. The van der Waals surface area contributed by atoms with Crippen LogP contribution in [-0.4, -0.2) is 47.2 Å². The molecule has 5 rings (SSSR count). The van der Waals surface area contributed by atoms with E-state index in [0.717, 1.165) is 22.6 Å². The van der Waals surface area contributed by atoms with E-state index in [9.17, 15) is 9.59 Å². The molecular weight excluding hydrogens is 500 g/mol. The van der Waals surface area contributed by atoms with Crippen LogP contribution in [0, 0.1) is 6.92 Å². The molecular formula is C29H28N4O4S. The van der Waals surface area contributed by atoms with Gasteiger partial charge in [0.15, 0.2) is 5.17 Å². The molecule has 3 aromatic carbocycles. The average Bonchev–Trinajstić information content (AvgIpc) is 3.53. The maximum absolute atomic E-state index is 12.8. The molecule has 0 fully saturated rings. The lowest BCUT2D eigenvalue weighted by atomic mass is 9.98. The van der Waals surface area contributed by atoms with Gasteiger partial charge in [-0.1, -0.05) is 47.7 Å². The Labute approximate surface area is 225 Å². The monoisotopic (exact) mass is 528 g/mol. The third-order valence-electron chi connectivity index (χ3n) is 6.44. The molecule has 8 nitrogen and oxygen atoms in total. The highest BCUT2D eigenvalue weighted by Crippen LogP contribution is 2.39. The third kappa shape index (κ3) is 5.57. The van der Waals surface area contributed by atoms with Gasteiger partial charge in [-0.05, 0) is 54.4 Å². The average molecular weight is 529 g/mol. The van der Waals surface area contributed by atoms with Gasteiger partial charge in [-0.3, -0.25) is 9.59 Å². The number of carbonyl (C=O) groups is 2. The summed E-state index contributed by atoms with van der Waals surface area (Å²) in [7, 11) is 3.20. The van der Waals surface area contributed by atoms with Crippen molar-refractivity contribution in [3.8, 4) is 11.5 Å². The Morgan fingerprint density at radius 3 is 2.47 bits per heavy atom. The number of nitrogens with one attached hydrogen (secondary N) is 1. The highest BCUT2D eigenvalue weighted by molar-refractivity contribution is 8.15.